The third kappa shape index (κ3) is 9.62. The summed E-state index contributed by atoms with van der Waals surface area (Å²) in [5.41, 5.74) is 2.99. The van der Waals surface area contributed by atoms with Gasteiger partial charge in [-0.05, 0) is 43.2 Å². The molecule has 1 aliphatic rings. The summed E-state index contributed by atoms with van der Waals surface area (Å²) in [5.74, 6) is 1.91. The van der Waals surface area contributed by atoms with Crippen molar-refractivity contribution in [3.05, 3.63) is 60.7 Å². The van der Waals surface area contributed by atoms with Gasteiger partial charge in [-0.2, -0.15) is 0 Å². The van der Waals surface area contributed by atoms with Crippen LogP contribution in [0.2, 0.25) is 0 Å². The standard InChI is InChI=1S/C20H18N4O4.C6H11NO.2C2H6/c25-5-6-27-20-4-2-16(10-23-20)28-15-1-3-17-13(7-15)8-18(24-17)19-11-21-14(12-26)9-22-19;1-6(8)7-4-2-3-5-7;2*1-2/h1-4,7-11,24-26H,5-6,12H2;2-5H2,1H3;2*1-2H3. The van der Waals surface area contributed by atoms with Gasteiger partial charge in [0.25, 0.3) is 0 Å². The Morgan fingerprint density at radius 2 is 1.65 bits per heavy atom. The molecule has 4 heterocycles. The zero-order valence-electron chi connectivity index (χ0n) is 24.1. The second-order valence-electron chi connectivity index (χ2n) is 8.20. The Balaban J connectivity index is 0.000000394. The van der Waals surface area contributed by atoms with Crippen molar-refractivity contribution in [1.29, 1.82) is 0 Å². The molecule has 4 aromatic rings. The van der Waals surface area contributed by atoms with Crippen LogP contribution in [-0.4, -0.2) is 67.3 Å². The van der Waals surface area contributed by atoms with Gasteiger partial charge in [0.2, 0.25) is 11.8 Å². The number of ether oxygens (including phenoxy) is 2. The van der Waals surface area contributed by atoms with Crippen LogP contribution in [0.4, 0.5) is 0 Å². The fourth-order valence-corrected chi connectivity index (χ4v) is 3.72. The topological polar surface area (TPSA) is 134 Å². The number of aliphatic hydroxyl groups is 2. The average molecular weight is 552 g/mol. The van der Waals surface area contributed by atoms with Crippen molar-refractivity contribution in [2.24, 2.45) is 0 Å². The molecular formula is C30H41N5O5. The number of nitrogens with zero attached hydrogens (tertiary/aromatic N) is 4. The third-order valence-corrected chi connectivity index (χ3v) is 5.57. The van der Waals surface area contributed by atoms with E-state index in [1.807, 2.05) is 56.9 Å². The van der Waals surface area contributed by atoms with Crippen LogP contribution in [0.1, 0.15) is 53.2 Å². The van der Waals surface area contributed by atoms with E-state index < -0.39 is 0 Å². The Morgan fingerprint density at radius 3 is 2.20 bits per heavy atom. The van der Waals surface area contributed by atoms with Gasteiger partial charge in [-0.25, -0.2) is 4.98 Å². The van der Waals surface area contributed by atoms with Gasteiger partial charge in [-0.1, -0.05) is 27.7 Å². The first kappa shape index (κ1) is 32.2. The van der Waals surface area contributed by atoms with Gasteiger partial charge in [-0.15, -0.1) is 0 Å². The highest BCUT2D eigenvalue weighted by molar-refractivity contribution is 5.86. The highest BCUT2D eigenvalue weighted by Crippen LogP contribution is 2.28. The normalized spacial score (nSPS) is 11.8. The number of amides is 1. The molecule has 0 unspecified atom stereocenters. The molecule has 216 valence electrons. The van der Waals surface area contributed by atoms with Crippen molar-refractivity contribution in [3.63, 3.8) is 0 Å². The van der Waals surface area contributed by atoms with Gasteiger partial charge in [0, 0.05) is 37.0 Å². The number of hydrogen-bond donors (Lipinski definition) is 3. The predicted octanol–water partition coefficient (Wildman–Crippen LogP) is 5.36. The third-order valence-electron chi connectivity index (χ3n) is 5.57. The molecule has 3 aromatic heterocycles. The molecule has 5 rings (SSSR count). The van der Waals surface area contributed by atoms with Crippen LogP contribution in [0, 0.1) is 0 Å². The number of hydrogen-bond acceptors (Lipinski definition) is 8. The second-order valence-corrected chi connectivity index (χ2v) is 8.20. The van der Waals surface area contributed by atoms with Crippen molar-refractivity contribution in [2.75, 3.05) is 26.3 Å². The number of aliphatic hydroxyl groups excluding tert-OH is 2. The largest absolute Gasteiger partial charge is 0.475 e. The summed E-state index contributed by atoms with van der Waals surface area (Å²) in [6, 6.07) is 11.1. The Bertz CT molecular complexity index is 1270. The van der Waals surface area contributed by atoms with E-state index >= 15 is 0 Å². The molecule has 0 radical (unpaired) electrons. The molecule has 10 nitrogen and oxygen atoms in total. The molecule has 1 aliphatic heterocycles. The summed E-state index contributed by atoms with van der Waals surface area (Å²) in [7, 11) is 0. The molecule has 0 atom stereocenters. The summed E-state index contributed by atoms with van der Waals surface area (Å²) in [4.78, 5) is 28.4. The Kier molecular flexibility index (Phi) is 14.1. The fourth-order valence-electron chi connectivity index (χ4n) is 3.72. The van der Waals surface area contributed by atoms with Crippen molar-refractivity contribution in [1.82, 2.24) is 24.8 Å². The molecule has 0 spiro atoms. The quantitative estimate of drug-likeness (QED) is 0.280. The summed E-state index contributed by atoms with van der Waals surface area (Å²) in [6.45, 7) is 11.6. The number of carbonyl (C=O) groups excluding carboxylic acids is 1. The predicted molar refractivity (Wildman–Crippen MR) is 156 cm³/mol. The minimum atomic E-state index is -0.135. The van der Waals surface area contributed by atoms with Crippen LogP contribution >= 0.6 is 0 Å². The first-order valence-corrected chi connectivity index (χ1v) is 13.7. The number of carbonyl (C=O) groups is 1. The maximum Gasteiger partial charge on any atom is 0.219 e. The van der Waals surface area contributed by atoms with E-state index in [2.05, 4.69) is 19.9 Å². The SMILES string of the molecule is CC.CC.CC(=O)N1CCCC1.OCCOc1ccc(Oc2ccc3[nH]c(-c4cnc(CO)cn4)cc3c2)cn1. The molecule has 0 bridgehead atoms. The number of rotatable bonds is 7. The van der Waals surface area contributed by atoms with E-state index in [1.54, 1.807) is 37.6 Å². The minimum Gasteiger partial charge on any atom is -0.475 e. The summed E-state index contributed by atoms with van der Waals surface area (Å²) < 4.78 is 11.1. The molecule has 1 saturated heterocycles. The lowest BCUT2D eigenvalue weighted by atomic mass is 10.2. The maximum atomic E-state index is 10.6. The fraction of sp³-hybridized carbons (Fsp3) is 0.400. The van der Waals surface area contributed by atoms with Crippen molar-refractivity contribution in [2.45, 2.75) is 54.1 Å². The van der Waals surface area contributed by atoms with E-state index in [-0.39, 0.29) is 25.7 Å². The number of benzene rings is 1. The zero-order valence-corrected chi connectivity index (χ0v) is 24.1. The van der Waals surface area contributed by atoms with E-state index in [9.17, 15) is 4.79 Å². The number of likely N-dealkylation sites (tertiary alicyclic amines) is 1. The summed E-state index contributed by atoms with van der Waals surface area (Å²) in [5, 5.41) is 18.8. The van der Waals surface area contributed by atoms with Crippen LogP contribution in [0.25, 0.3) is 22.3 Å². The Morgan fingerprint density at radius 1 is 0.925 bits per heavy atom. The number of pyridine rings is 1. The first-order chi connectivity index (χ1) is 19.6. The monoisotopic (exact) mass is 551 g/mol. The molecule has 3 N–H and O–H groups in total. The van der Waals surface area contributed by atoms with E-state index in [4.69, 9.17) is 19.7 Å². The molecule has 0 aliphatic carbocycles. The molecule has 1 aromatic carbocycles. The van der Waals surface area contributed by atoms with Crippen LogP contribution in [0.15, 0.2) is 55.0 Å². The van der Waals surface area contributed by atoms with Gasteiger partial charge >= 0.3 is 0 Å². The second kappa shape index (κ2) is 17.5. The Labute approximate surface area is 236 Å². The van der Waals surface area contributed by atoms with Crippen LogP contribution < -0.4 is 9.47 Å². The average Bonchev–Trinajstić information content (AvgIpc) is 3.70. The minimum absolute atomic E-state index is 0.0598. The molecular weight excluding hydrogens is 510 g/mol. The van der Waals surface area contributed by atoms with Gasteiger partial charge in [0.1, 0.15) is 23.8 Å². The van der Waals surface area contributed by atoms with Gasteiger partial charge in [0.05, 0.1) is 43.2 Å². The lowest BCUT2D eigenvalue weighted by Gasteiger charge is -2.10. The maximum absolute atomic E-state index is 10.6. The van der Waals surface area contributed by atoms with Crippen molar-refractivity contribution < 1.29 is 24.5 Å². The number of H-pyrrole nitrogens is 1. The van der Waals surface area contributed by atoms with Crippen LogP contribution in [-0.2, 0) is 11.4 Å². The van der Waals surface area contributed by atoms with Crippen molar-refractivity contribution in [3.8, 4) is 28.8 Å². The number of aromatic amines is 1. The van der Waals surface area contributed by atoms with Gasteiger partial charge in [0.15, 0.2) is 0 Å². The lowest BCUT2D eigenvalue weighted by molar-refractivity contribution is -0.127. The first-order valence-electron chi connectivity index (χ1n) is 13.7. The van der Waals surface area contributed by atoms with E-state index in [0.29, 0.717) is 28.8 Å². The van der Waals surface area contributed by atoms with Gasteiger partial charge in [-0.3, -0.25) is 14.8 Å². The highest BCUT2D eigenvalue weighted by atomic mass is 16.5. The summed E-state index contributed by atoms with van der Waals surface area (Å²) in [6.07, 6.45) is 7.13. The number of fused-ring (bicyclic) bond motifs is 1. The number of aromatic nitrogens is 4. The molecule has 0 saturated carbocycles. The Hall–Kier alpha value is -4.02. The summed E-state index contributed by atoms with van der Waals surface area (Å²) >= 11 is 0. The zero-order chi connectivity index (χ0) is 29.3. The highest BCUT2D eigenvalue weighted by Gasteiger charge is 2.12. The lowest BCUT2D eigenvalue weighted by Crippen LogP contribution is -2.24. The van der Waals surface area contributed by atoms with E-state index in [1.165, 1.54) is 12.8 Å². The van der Waals surface area contributed by atoms with E-state index in [0.717, 1.165) is 29.7 Å². The molecule has 10 heteroatoms. The molecule has 1 fully saturated rings. The molecule has 40 heavy (non-hydrogen) atoms. The number of nitrogens with one attached hydrogen (secondary N) is 1. The van der Waals surface area contributed by atoms with Crippen LogP contribution in [0.3, 0.4) is 0 Å². The van der Waals surface area contributed by atoms with Gasteiger partial charge < -0.3 is 29.6 Å². The molecule has 1 amide bonds. The van der Waals surface area contributed by atoms with Crippen molar-refractivity contribution >= 4 is 16.8 Å². The van der Waals surface area contributed by atoms with Crippen LogP contribution in [0.5, 0.6) is 17.4 Å². The smallest absolute Gasteiger partial charge is 0.219 e.